The van der Waals surface area contributed by atoms with Gasteiger partial charge in [0.1, 0.15) is 11.5 Å². The average molecular weight is 529 g/mol. The zero-order valence-electron chi connectivity index (χ0n) is 20.2. The molecule has 0 spiro atoms. The predicted molar refractivity (Wildman–Crippen MR) is 140 cm³/mol. The van der Waals surface area contributed by atoms with Gasteiger partial charge in [-0.25, -0.2) is 8.42 Å². The maximum absolute atomic E-state index is 13.2. The van der Waals surface area contributed by atoms with Crippen LogP contribution < -0.4 is 14.8 Å². The number of piperidine rings is 1. The monoisotopic (exact) mass is 528 g/mol. The van der Waals surface area contributed by atoms with Gasteiger partial charge >= 0.3 is 0 Å². The van der Waals surface area contributed by atoms with E-state index in [4.69, 9.17) is 21.1 Å². The second-order valence-electron chi connectivity index (χ2n) is 8.58. The summed E-state index contributed by atoms with van der Waals surface area (Å²) in [6.45, 7) is 4.74. The number of para-hydroxylation sites is 1. The molecule has 9 heteroatoms. The molecule has 1 fully saturated rings. The Balaban J connectivity index is 1.41. The van der Waals surface area contributed by atoms with Crippen LogP contribution in [0.4, 0.5) is 5.69 Å². The molecule has 3 aromatic carbocycles. The molecule has 0 atom stereocenters. The minimum Gasteiger partial charge on any atom is -0.494 e. The van der Waals surface area contributed by atoms with E-state index in [-0.39, 0.29) is 29.8 Å². The van der Waals surface area contributed by atoms with E-state index in [1.165, 1.54) is 4.31 Å². The lowest BCUT2D eigenvalue weighted by atomic mass is 9.97. The number of nitrogens with zero attached hydrogens (tertiary/aromatic N) is 1. The van der Waals surface area contributed by atoms with E-state index in [1.54, 1.807) is 36.4 Å². The quantitative estimate of drug-likeness (QED) is 0.394. The van der Waals surface area contributed by atoms with E-state index >= 15 is 0 Å². The molecule has 0 aromatic heterocycles. The maximum Gasteiger partial charge on any atom is 0.243 e. The standard InChI is InChI=1S/C27H29ClN2O5S/c1-3-34-25-12-10-23(17-19(25)2)36(32,33)30-15-13-20(14-16-30)27(31)29-24-18-21(28)9-11-26(24)35-22-7-5-4-6-8-22/h4-12,17-18,20H,3,13-16H2,1-2H3,(H,29,31). The number of aryl methyl sites for hydroxylation is 1. The van der Waals surface area contributed by atoms with Crippen molar-refractivity contribution >= 4 is 33.2 Å². The van der Waals surface area contributed by atoms with Crippen LogP contribution in [-0.4, -0.2) is 38.3 Å². The average Bonchev–Trinajstić information content (AvgIpc) is 2.87. The number of ether oxygens (including phenoxy) is 2. The molecular weight excluding hydrogens is 500 g/mol. The minimum absolute atomic E-state index is 0.191. The number of carbonyl (C=O) groups is 1. The summed E-state index contributed by atoms with van der Waals surface area (Å²) in [6.07, 6.45) is 0.826. The summed E-state index contributed by atoms with van der Waals surface area (Å²) < 4.78 is 39.3. The number of halogens is 1. The fourth-order valence-corrected chi connectivity index (χ4v) is 5.87. The van der Waals surface area contributed by atoms with Crippen LogP contribution in [0.1, 0.15) is 25.3 Å². The fourth-order valence-electron chi connectivity index (χ4n) is 4.15. The van der Waals surface area contributed by atoms with Crippen molar-refractivity contribution in [3.8, 4) is 17.2 Å². The Kier molecular flexibility index (Phi) is 8.18. The summed E-state index contributed by atoms with van der Waals surface area (Å²) in [6, 6.07) is 19.2. The third kappa shape index (κ3) is 6.00. The first-order valence-corrected chi connectivity index (χ1v) is 13.7. The summed E-state index contributed by atoms with van der Waals surface area (Å²) in [7, 11) is -3.66. The number of sulfonamides is 1. The molecule has 0 radical (unpaired) electrons. The number of anilines is 1. The molecule has 7 nitrogen and oxygen atoms in total. The summed E-state index contributed by atoms with van der Waals surface area (Å²) in [5.74, 6) is 1.26. The zero-order valence-corrected chi connectivity index (χ0v) is 21.8. The van der Waals surface area contributed by atoms with E-state index < -0.39 is 10.0 Å². The summed E-state index contributed by atoms with van der Waals surface area (Å²) in [5.41, 5.74) is 1.23. The van der Waals surface area contributed by atoms with Crippen LogP contribution in [0.25, 0.3) is 0 Å². The fraction of sp³-hybridized carbons (Fsp3) is 0.296. The normalized spacial score (nSPS) is 14.9. The van der Waals surface area contributed by atoms with Crippen molar-refractivity contribution in [1.29, 1.82) is 0 Å². The number of hydrogen-bond donors (Lipinski definition) is 1. The van der Waals surface area contributed by atoms with Gasteiger partial charge in [0, 0.05) is 24.0 Å². The first-order chi connectivity index (χ1) is 17.3. The van der Waals surface area contributed by atoms with Crippen molar-refractivity contribution in [2.45, 2.75) is 31.6 Å². The van der Waals surface area contributed by atoms with Gasteiger partial charge in [0.25, 0.3) is 0 Å². The summed E-state index contributed by atoms with van der Waals surface area (Å²) in [4.78, 5) is 13.3. The second kappa shape index (κ2) is 11.3. The molecular formula is C27H29ClN2O5S. The highest BCUT2D eigenvalue weighted by Gasteiger charge is 2.32. The van der Waals surface area contributed by atoms with Crippen LogP contribution in [-0.2, 0) is 14.8 Å². The van der Waals surface area contributed by atoms with E-state index in [0.29, 0.717) is 47.4 Å². The molecule has 0 aliphatic carbocycles. The van der Waals surface area contributed by atoms with Gasteiger partial charge in [0.05, 0.1) is 17.2 Å². The highest BCUT2D eigenvalue weighted by molar-refractivity contribution is 7.89. The van der Waals surface area contributed by atoms with E-state index in [0.717, 1.165) is 5.56 Å². The Hall–Kier alpha value is -3.07. The zero-order chi connectivity index (χ0) is 25.7. The van der Waals surface area contributed by atoms with Gasteiger partial charge in [-0.05, 0) is 80.8 Å². The molecule has 1 saturated heterocycles. The molecule has 36 heavy (non-hydrogen) atoms. The first-order valence-electron chi connectivity index (χ1n) is 11.8. The van der Waals surface area contributed by atoms with Gasteiger partial charge in [-0.2, -0.15) is 4.31 Å². The van der Waals surface area contributed by atoms with Crippen molar-refractivity contribution < 1.29 is 22.7 Å². The number of hydrogen-bond acceptors (Lipinski definition) is 5. The van der Waals surface area contributed by atoms with Crippen molar-refractivity contribution in [1.82, 2.24) is 4.31 Å². The highest BCUT2D eigenvalue weighted by atomic mass is 35.5. The second-order valence-corrected chi connectivity index (χ2v) is 11.0. The number of benzene rings is 3. The Labute approximate surface area is 217 Å². The first kappa shape index (κ1) is 26.0. The van der Waals surface area contributed by atoms with Crippen molar-refractivity contribution in [3.63, 3.8) is 0 Å². The van der Waals surface area contributed by atoms with Gasteiger partial charge < -0.3 is 14.8 Å². The molecule has 1 aliphatic heterocycles. The van der Waals surface area contributed by atoms with Crippen LogP contribution in [0, 0.1) is 12.8 Å². The van der Waals surface area contributed by atoms with Crippen molar-refractivity contribution in [2.75, 3.05) is 25.0 Å². The molecule has 0 unspecified atom stereocenters. The van der Waals surface area contributed by atoms with Crippen molar-refractivity contribution in [3.05, 3.63) is 77.3 Å². The molecule has 4 rings (SSSR count). The number of amides is 1. The minimum atomic E-state index is -3.66. The van der Waals surface area contributed by atoms with Crippen molar-refractivity contribution in [2.24, 2.45) is 5.92 Å². The summed E-state index contributed by atoms with van der Waals surface area (Å²) in [5, 5.41) is 3.39. The lowest BCUT2D eigenvalue weighted by Gasteiger charge is -2.30. The van der Waals surface area contributed by atoms with Gasteiger partial charge in [-0.1, -0.05) is 29.8 Å². The molecule has 1 heterocycles. The molecule has 0 saturated carbocycles. The molecule has 190 valence electrons. The topological polar surface area (TPSA) is 84.9 Å². The Morgan fingerprint density at radius 3 is 2.39 bits per heavy atom. The maximum atomic E-state index is 13.2. The largest absolute Gasteiger partial charge is 0.494 e. The van der Waals surface area contributed by atoms with Crippen LogP contribution in [0.15, 0.2) is 71.6 Å². The molecule has 3 aromatic rings. The van der Waals surface area contributed by atoms with E-state index in [2.05, 4.69) is 5.32 Å². The molecule has 1 amide bonds. The van der Waals surface area contributed by atoms with Crippen LogP contribution in [0.5, 0.6) is 17.2 Å². The Morgan fingerprint density at radius 2 is 1.72 bits per heavy atom. The highest BCUT2D eigenvalue weighted by Crippen LogP contribution is 2.33. The van der Waals surface area contributed by atoms with E-state index in [9.17, 15) is 13.2 Å². The molecule has 0 bridgehead atoms. The number of nitrogens with one attached hydrogen (secondary N) is 1. The third-order valence-electron chi connectivity index (χ3n) is 6.08. The third-order valence-corrected chi connectivity index (χ3v) is 8.21. The Morgan fingerprint density at radius 1 is 1.03 bits per heavy atom. The van der Waals surface area contributed by atoms with Crippen LogP contribution in [0.3, 0.4) is 0 Å². The summed E-state index contributed by atoms with van der Waals surface area (Å²) >= 11 is 6.17. The molecule has 1 N–H and O–H groups in total. The van der Waals surface area contributed by atoms with Crippen LogP contribution in [0.2, 0.25) is 5.02 Å². The van der Waals surface area contributed by atoms with Gasteiger partial charge in [0.15, 0.2) is 5.75 Å². The lowest BCUT2D eigenvalue weighted by molar-refractivity contribution is -0.120. The predicted octanol–water partition coefficient (Wildman–Crippen LogP) is 5.88. The SMILES string of the molecule is CCOc1ccc(S(=O)(=O)N2CCC(C(=O)Nc3cc(Cl)ccc3Oc3ccccc3)CC2)cc1C. The van der Waals surface area contributed by atoms with Gasteiger partial charge in [-0.15, -0.1) is 0 Å². The Bertz CT molecular complexity index is 1320. The van der Waals surface area contributed by atoms with Gasteiger partial charge in [-0.3, -0.25) is 4.79 Å². The van der Waals surface area contributed by atoms with Crippen LogP contribution >= 0.6 is 11.6 Å². The lowest BCUT2D eigenvalue weighted by Crippen LogP contribution is -2.41. The number of carbonyl (C=O) groups excluding carboxylic acids is 1. The van der Waals surface area contributed by atoms with E-state index in [1.807, 2.05) is 44.2 Å². The number of rotatable bonds is 8. The smallest absolute Gasteiger partial charge is 0.243 e. The molecule has 1 aliphatic rings. The van der Waals surface area contributed by atoms with Gasteiger partial charge in [0.2, 0.25) is 15.9 Å².